The van der Waals surface area contributed by atoms with Gasteiger partial charge in [0, 0.05) is 21.7 Å². The predicted molar refractivity (Wildman–Crippen MR) is 107 cm³/mol. The molecule has 134 valence electrons. The smallest absolute Gasteiger partial charge is 0.255 e. The topological polar surface area (TPSA) is 82.1 Å². The van der Waals surface area contributed by atoms with E-state index in [0.717, 1.165) is 20.8 Å². The van der Waals surface area contributed by atoms with E-state index in [0.29, 0.717) is 11.3 Å². The Morgan fingerprint density at radius 3 is 2.52 bits per heavy atom. The van der Waals surface area contributed by atoms with Crippen molar-refractivity contribution in [1.29, 1.82) is 0 Å². The zero-order valence-electron chi connectivity index (χ0n) is 13.9. The number of fused-ring (bicyclic) bond motifs is 1. The van der Waals surface area contributed by atoms with Gasteiger partial charge in [-0.25, -0.2) is 4.98 Å². The number of thiazole rings is 1. The molecule has 1 N–H and O–H groups in total. The van der Waals surface area contributed by atoms with E-state index in [1.54, 1.807) is 17.4 Å². The second-order valence-corrected chi connectivity index (χ2v) is 7.75. The number of benzene rings is 3. The van der Waals surface area contributed by atoms with Gasteiger partial charge in [0.15, 0.2) is 0 Å². The van der Waals surface area contributed by atoms with Crippen molar-refractivity contribution in [3.05, 3.63) is 78.4 Å². The van der Waals surface area contributed by atoms with E-state index in [-0.39, 0.29) is 10.8 Å². The maximum atomic E-state index is 12.4. The lowest BCUT2D eigenvalue weighted by Gasteiger charge is -2.08. The molecule has 0 bridgehead atoms. The number of nitrogens with zero attached hydrogens (tertiary/aromatic N) is 1. The zero-order chi connectivity index (χ0) is 18.8. The van der Waals surface area contributed by atoms with Gasteiger partial charge in [-0.2, -0.15) is 0 Å². The SMILES string of the molecule is O=C(Nc1cccc(-c2nc3ccccc3s2)c1)c1ccc(S(=O)[O-])cc1. The molecule has 0 saturated heterocycles. The van der Waals surface area contributed by atoms with Crippen molar-refractivity contribution in [1.82, 2.24) is 4.98 Å². The van der Waals surface area contributed by atoms with Crippen molar-refractivity contribution in [3.63, 3.8) is 0 Å². The summed E-state index contributed by atoms with van der Waals surface area (Å²) < 4.78 is 22.9. The van der Waals surface area contributed by atoms with Gasteiger partial charge in [-0.05, 0) is 59.6 Å². The lowest BCUT2D eigenvalue weighted by Crippen LogP contribution is -2.11. The first kappa shape index (κ1) is 17.5. The van der Waals surface area contributed by atoms with Crippen molar-refractivity contribution in [2.24, 2.45) is 0 Å². The molecule has 0 saturated carbocycles. The molecule has 0 aliphatic heterocycles. The highest BCUT2D eigenvalue weighted by molar-refractivity contribution is 7.79. The molecule has 4 rings (SSSR count). The molecular weight excluding hydrogens is 380 g/mol. The Bertz CT molecular complexity index is 1120. The molecule has 0 spiro atoms. The molecule has 3 aromatic carbocycles. The summed E-state index contributed by atoms with van der Waals surface area (Å²) in [4.78, 5) is 17.2. The van der Waals surface area contributed by atoms with Crippen LogP contribution in [-0.2, 0) is 11.1 Å². The maximum absolute atomic E-state index is 12.4. The minimum Gasteiger partial charge on any atom is -0.768 e. The molecule has 0 radical (unpaired) electrons. The fraction of sp³-hybridized carbons (Fsp3) is 0. The van der Waals surface area contributed by atoms with E-state index in [2.05, 4.69) is 10.3 Å². The summed E-state index contributed by atoms with van der Waals surface area (Å²) >= 11 is -0.711. The van der Waals surface area contributed by atoms with Crippen molar-refractivity contribution in [3.8, 4) is 10.6 Å². The first-order valence-electron chi connectivity index (χ1n) is 8.07. The third-order valence-electron chi connectivity index (χ3n) is 3.97. The van der Waals surface area contributed by atoms with Gasteiger partial charge >= 0.3 is 0 Å². The summed E-state index contributed by atoms with van der Waals surface area (Å²) in [5, 5.41) is 3.72. The second kappa shape index (κ2) is 7.40. The summed E-state index contributed by atoms with van der Waals surface area (Å²) in [7, 11) is 0. The number of para-hydroxylation sites is 1. The lowest BCUT2D eigenvalue weighted by molar-refractivity contribution is 0.102. The summed E-state index contributed by atoms with van der Waals surface area (Å²) in [5.41, 5.74) is 2.90. The largest absolute Gasteiger partial charge is 0.768 e. The number of aromatic nitrogens is 1. The fourth-order valence-corrected chi connectivity index (χ4v) is 3.97. The number of carbonyl (C=O) groups excluding carboxylic acids is 1. The fourth-order valence-electron chi connectivity index (χ4n) is 2.65. The van der Waals surface area contributed by atoms with E-state index in [1.165, 1.54) is 24.3 Å². The van der Waals surface area contributed by atoms with E-state index >= 15 is 0 Å². The van der Waals surface area contributed by atoms with Crippen LogP contribution in [0, 0.1) is 0 Å². The molecule has 1 amide bonds. The van der Waals surface area contributed by atoms with Crippen LogP contribution in [0.1, 0.15) is 10.4 Å². The van der Waals surface area contributed by atoms with E-state index in [9.17, 15) is 13.6 Å². The molecule has 1 aromatic heterocycles. The van der Waals surface area contributed by atoms with Crippen molar-refractivity contribution in [2.75, 3.05) is 5.32 Å². The van der Waals surface area contributed by atoms with E-state index in [4.69, 9.17) is 0 Å². The standard InChI is InChI=1S/C20H14N2O3S2/c23-19(13-8-10-16(11-9-13)27(24)25)21-15-5-3-4-14(12-15)20-22-17-6-1-2-7-18(17)26-20/h1-12H,(H,21,23)(H,24,25)/p-1. The molecule has 1 unspecified atom stereocenters. The average molecular weight is 393 g/mol. The molecule has 1 atom stereocenters. The van der Waals surface area contributed by atoms with Gasteiger partial charge in [0.2, 0.25) is 0 Å². The van der Waals surface area contributed by atoms with Gasteiger partial charge in [0.05, 0.1) is 10.2 Å². The Morgan fingerprint density at radius 1 is 1.00 bits per heavy atom. The van der Waals surface area contributed by atoms with Crippen LogP contribution in [0.5, 0.6) is 0 Å². The molecule has 7 heteroatoms. The molecule has 0 aliphatic rings. The molecule has 0 fully saturated rings. The third kappa shape index (κ3) is 3.80. The van der Waals surface area contributed by atoms with Crippen LogP contribution in [0.3, 0.4) is 0 Å². The Labute approximate surface area is 162 Å². The minimum absolute atomic E-state index is 0.143. The summed E-state index contributed by atoms with van der Waals surface area (Å²) in [5.74, 6) is -0.306. The highest BCUT2D eigenvalue weighted by atomic mass is 32.2. The Kier molecular flexibility index (Phi) is 4.81. The van der Waals surface area contributed by atoms with Crippen LogP contribution in [0.15, 0.2) is 77.7 Å². The van der Waals surface area contributed by atoms with Gasteiger partial charge in [-0.1, -0.05) is 24.3 Å². The number of anilines is 1. The van der Waals surface area contributed by atoms with E-state index in [1.807, 2.05) is 42.5 Å². The summed E-state index contributed by atoms with van der Waals surface area (Å²) in [6.07, 6.45) is 0. The highest BCUT2D eigenvalue weighted by Crippen LogP contribution is 2.31. The molecular formula is C20H13N2O3S2-. The number of nitrogens with one attached hydrogen (secondary N) is 1. The number of carbonyl (C=O) groups is 1. The van der Waals surface area contributed by atoms with Crippen LogP contribution in [-0.4, -0.2) is 19.7 Å². The van der Waals surface area contributed by atoms with Crippen molar-refractivity contribution < 1.29 is 13.6 Å². The zero-order valence-corrected chi connectivity index (χ0v) is 15.5. The molecule has 4 aromatic rings. The molecule has 0 aliphatic carbocycles. The van der Waals surface area contributed by atoms with Crippen LogP contribution in [0.2, 0.25) is 0 Å². The first-order chi connectivity index (χ1) is 13.1. The monoisotopic (exact) mass is 393 g/mol. The predicted octanol–water partition coefficient (Wildman–Crippen LogP) is 4.45. The van der Waals surface area contributed by atoms with Crippen LogP contribution in [0.4, 0.5) is 5.69 Å². The summed E-state index contributed by atoms with van der Waals surface area (Å²) in [6.45, 7) is 0. The van der Waals surface area contributed by atoms with Gasteiger partial charge in [0.1, 0.15) is 5.01 Å². The number of rotatable bonds is 4. The van der Waals surface area contributed by atoms with Crippen molar-refractivity contribution in [2.45, 2.75) is 4.90 Å². The Hall–Kier alpha value is -2.87. The van der Waals surface area contributed by atoms with Gasteiger partial charge in [-0.3, -0.25) is 9.00 Å². The number of hydrogen-bond donors (Lipinski definition) is 1. The minimum atomic E-state index is -2.31. The number of hydrogen-bond acceptors (Lipinski definition) is 5. The van der Waals surface area contributed by atoms with Crippen LogP contribution in [0.25, 0.3) is 20.8 Å². The van der Waals surface area contributed by atoms with Crippen LogP contribution < -0.4 is 5.32 Å². The third-order valence-corrected chi connectivity index (χ3v) is 5.71. The van der Waals surface area contributed by atoms with Gasteiger partial charge in [-0.15, -0.1) is 11.3 Å². The number of amides is 1. The first-order valence-corrected chi connectivity index (χ1v) is 9.96. The second-order valence-electron chi connectivity index (χ2n) is 5.78. The van der Waals surface area contributed by atoms with Crippen LogP contribution >= 0.6 is 11.3 Å². The quantitative estimate of drug-likeness (QED) is 0.519. The Morgan fingerprint density at radius 2 is 1.78 bits per heavy atom. The average Bonchev–Trinajstić information content (AvgIpc) is 3.12. The molecule has 27 heavy (non-hydrogen) atoms. The maximum Gasteiger partial charge on any atom is 0.255 e. The highest BCUT2D eigenvalue weighted by Gasteiger charge is 2.09. The Balaban J connectivity index is 1.57. The van der Waals surface area contributed by atoms with Gasteiger partial charge < -0.3 is 9.87 Å². The lowest BCUT2D eigenvalue weighted by atomic mass is 10.2. The molecule has 1 heterocycles. The summed E-state index contributed by atoms with van der Waals surface area (Å²) in [6, 6.07) is 21.2. The van der Waals surface area contributed by atoms with E-state index < -0.39 is 11.1 Å². The van der Waals surface area contributed by atoms with Gasteiger partial charge in [0.25, 0.3) is 5.91 Å². The van der Waals surface area contributed by atoms with Crippen molar-refractivity contribution >= 4 is 44.2 Å². The normalized spacial score (nSPS) is 12.0. The molecule has 5 nitrogen and oxygen atoms in total.